The van der Waals surface area contributed by atoms with E-state index in [-0.39, 0.29) is 5.41 Å². The maximum atomic E-state index is 5.30. The van der Waals surface area contributed by atoms with Crippen LogP contribution in [0, 0.1) is 0 Å². The fourth-order valence-corrected chi connectivity index (χ4v) is 2.81. The second-order valence-corrected chi connectivity index (χ2v) is 5.96. The van der Waals surface area contributed by atoms with E-state index in [0.29, 0.717) is 0 Å². The highest BCUT2D eigenvalue weighted by Crippen LogP contribution is 2.28. The van der Waals surface area contributed by atoms with Crippen molar-refractivity contribution in [1.82, 2.24) is 5.32 Å². The van der Waals surface area contributed by atoms with Gasteiger partial charge in [0.2, 0.25) is 0 Å². The predicted octanol–water partition coefficient (Wildman–Crippen LogP) is 3.08. The molecule has 2 heteroatoms. The molecule has 1 fully saturated rings. The van der Waals surface area contributed by atoms with E-state index in [1.807, 2.05) is 0 Å². The molecular formula is C16H25NO. The maximum Gasteiger partial charge on any atom is 0.0553 e. The second-order valence-electron chi connectivity index (χ2n) is 5.96. The Hall–Kier alpha value is -0.860. The average molecular weight is 247 g/mol. The highest BCUT2D eigenvalue weighted by atomic mass is 16.5. The van der Waals surface area contributed by atoms with Gasteiger partial charge in [0.05, 0.1) is 6.61 Å². The molecule has 1 N–H and O–H groups in total. The van der Waals surface area contributed by atoms with Crippen LogP contribution in [0.3, 0.4) is 0 Å². The fraction of sp³-hybridized carbons (Fsp3) is 0.625. The van der Waals surface area contributed by atoms with E-state index in [0.717, 1.165) is 25.6 Å². The second kappa shape index (κ2) is 5.85. The zero-order valence-corrected chi connectivity index (χ0v) is 11.8. The zero-order valence-electron chi connectivity index (χ0n) is 11.8. The molecule has 0 atom stereocenters. The molecule has 1 aromatic rings. The van der Waals surface area contributed by atoms with E-state index >= 15 is 0 Å². The Kier molecular flexibility index (Phi) is 4.41. The Morgan fingerprint density at radius 1 is 1.17 bits per heavy atom. The van der Waals surface area contributed by atoms with E-state index < -0.39 is 0 Å². The highest BCUT2D eigenvalue weighted by Gasteiger charge is 2.21. The van der Waals surface area contributed by atoms with Gasteiger partial charge in [0.25, 0.3) is 0 Å². The molecular weight excluding hydrogens is 222 g/mol. The van der Waals surface area contributed by atoms with Crippen LogP contribution < -0.4 is 5.32 Å². The normalized spacial score (nSPS) is 17.9. The summed E-state index contributed by atoms with van der Waals surface area (Å²) in [5, 5.41) is 3.42. The lowest BCUT2D eigenvalue weighted by molar-refractivity contribution is 0.146. The molecule has 0 unspecified atom stereocenters. The lowest BCUT2D eigenvalue weighted by Gasteiger charge is -2.26. The molecule has 0 saturated carbocycles. The number of ether oxygens (including phenoxy) is 1. The Morgan fingerprint density at radius 2 is 1.78 bits per heavy atom. The Bertz CT molecular complexity index is 363. The number of piperidine rings is 1. The van der Waals surface area contributed by atoms with Gasteiger partial charge in [0.1, 0.15) is 0 Å². The number of benzene rings is 1. The fourth-order valence-electron chi connectivity index (χ4n) is 2.81. The van der Waals surface area contributed by atoms with E-state index in [2.05, 4.69) is 43.4 Å². The number of hydrogen-bond donors (Lipinski definition) is 1. The summed E-state index contributed by atoms with van der Waals surface area (Å²) in [5.41, 5.74) is 2.96. The van der Waals surface area contributed by atoms with Crippen molar-refractivity contribution in [3.63, 3.8) is 0 Å². The molecule has 2 nitrogen and oxygen atoms in total. The van der Waals surface area contributed by atoms with Gasteiger partial charge in [-0.05, 0) is 43.0 Å². The van der Waals surface area contributed by atoms with Crippen LogP contribution in [0.15, 0.2) is 24.3 Å². The smallest absolute Gasteiger partial charge is 0.0553 e. The van der Waals surface area contributed by atoms with Crippen molar-refractivity contribution in [2.75, 3.05) is 26.8 Å². The first-order valence-corrected chi connectivity index (χ1v) is 6.93. The minimum Gasteiger partial charge on any atom is -0.384 e. The van der Waals surface area contributed by atoms with Crippen molar-refractivity contribution >= 4 is 0 Å². The molecule has 18 heavy (non-hydrogen) atoms. The lowest BCUT2D eigenvalue weighted by atomic mass is 9.83. The van der Waals surface area contributed by atoms with Crippen LogP contribution in [0.25, 0.3) is 0 Å². The largest absolute Gasteiger partial charge is 0.384 e. The van der Waals surface area contributed by atoms with Crippen LogP contribution in [-0.4, -0.2) is 26.8 Å². The molecule has 0 aromatic heterocycles. The Labute approximate surface area is 111 Å². The summed E-state index contributed by atoms with van der Waals surface area (Å²) in [4.78, 5) is 0. The standard InChI is InChI=1S/C16H25NO/c1-16(2,12-18-3)15-6-4-13(5-7-15)14-8-10-17-11-9-14/h4-7,14,17H,8-12H2,1-3H3. The number of rotatable bonds is 4. The van der Waals surface area contributed by atoms with Gasteiger partial charge in [-0.1, -0.05) is 38.1 Å². The summed E-state index contributed by atoms with van der Waals surface area (Å²) in [6.45, 7) is 7.54. The van der Waals surface area contributed by atoms with Gasteiger partial charge in [0.15, 0.2) is 0 Å². The molecule has 100 valence electrons. The summed E-state index contributed by atoms with van der Waals surface area (Å²) >= 11 is 0. The summed E-state index contributed by atoms with van der Waals surface area (Å²) in [6.07, 6.45) is 2.53. The monoisotopic (exact) mass is 247 g/mol. The first-order valence-electron chi connectivity index (χ1n) is 6.93. The number of hydrogen-bond acceptors (Lipinski definition) is 2. The number of methoxy groups -OCH3 is 1. The van der Waals surface area contributed by atoms with Crippen LogP contribution in [0.1, 0.15) is 43.7 Å². The van der Waals surface area contributed by atoms with E-state index in [1.54, 1.807) is 7.11 Å². The van der Waals surface area contributed by atoms with Crippen molar-refractivity contribution in [3.8, 4) is 0 Å². The SMILES string of the molecule is COCC(C)(C)c1ccc(C2CCNCC2)cc1. The predicted molar refractivity (Wildman–Crippen MR) is 76.2 cm³/mol. The van der Waals surface area contributed by atoms with Crippen LogP contribution >= 0.6 is 0 Å². The van der Waals surface area contributed by atoms with Crippen molar-refractivity contribution in [1.29, 1.82) is 0 Å². The van der Waals surface area contributed by atoms with Crippen molar-refractivity contribution in [2.24, 2.45) is 0 Å². The minimum atomic E-state index is 0.0986. The van der Waals surface area contributed by atoms with E-state index in [4.69, 9.17) is 4.74 Å². The van der Waals surface area contributed by atoms with Crippen molar-refractivity contribution < 1.29 is 4.74 Å². The molecule has 1 aliphatic rings. The average Bonchev–Trinajstić information content (AvgIpc) is 2.40. The molecule has 1 aromatic carbocycles. The molecule has 0 spiro atoms. The van der Waals surface area contributed by atoms with Gasteiger partial charge in [0, 0.05) is 12.5 Å². The van der Waals surface area contributed by atoms with Gasteiger partial charge in [-0.2, -0.15) is 0 Å². The van der Waals surface area contributed by atoms with Gasteiger partial charge >= 0.3 is 0 Å². The van der Waals surface area contributed by atoms with Crippen LogP contribution in [-0.2, 0) is 10.2 Å². The third-order valence-corrected chi connectivity index (χ3v) is 4.01. The van der Waals surface area contributed by atoms with Crippen LogP contribution in [0.2, 0.25) is 0 Å². The molecule has 0 amide bonds. The third-order valence-electron chi connectivity index (χ3n) is 4.01. The quantitative estimate of drug-likeness (QED) is 0.883. The topological polar surface area (TPSA) is 21.3 Å². The van der Waals surface area contributed by atoms with Crippen LogP contribution in [0.4, 0.5) is 0 Å². The number of nitrogens with one attached hydrogen (secondary N) is 1. The first kappa shape index (κ1) is 13.6. The zero-order chi connectivity index (χ0) is 13.0. The van der Waals surface area contributed by atoms with Crippen molar-refractivity contribution in [3.05, 3.63) is 35.4 Å². The molecule has 0 radical (unpaired) electrons. The van der Waals surface area contributed by atoms with Gasteiger partial charge in [-0.25, -0.2) is 0 Å². The molecule has 1 aliphatic heterocycles. The summed E-state index contributed by atoms with van der Waals surface area (Å²) < 4.78 is 5.30. The Morgan fingerprint density at radius 3 is 2.33 bits per heavy atom. The molecule has 0 bridgehead atoms. The van der Waals surface area contributed by atoms with Gasteiger partial charge in [-0.15, -0.1) is 0 Å². The summed E-state index contributed by atoms with van der Waals surface area (Å²) in [7, 11) is 1.77. The maximum absolute atomic E-state index is 5.30. The van der Waals surface area contributed by atoms with Gasteiger partial charge < -0.3 is 10.1 Å². The summed E-state index contributed by atoms with van der Waals surface area (Å²) in [6, 6.07) is 9.16. The highest BCUT2D eigenvalue weighted by molar-refractivity contribution is 5.30. The molecule has 0 aliphatic carbocycles. The van der Waals surface area contributed by atoms with Crippen molar-refractivity contribution in [2.45, 2.75) is 38.0 Å². The van der Waals surface area contributed by atoms with Crippen LogP contribution in [0.5, 0.6) is 0 Å². The summed E-state index contributed by atoms with van der Waals surface area (Å²) in [5.74, 6) is 0.742. The lowest BCUT2D eigenvalue weighted by Crippen LogP contribution is -2.27. The minimum absolute atomic E-state index is 0.0986. The van der Waals surface area contributed by atoms with Gasteiger partial charge in [-0.3, -0.25) is 0 Å². The molecule has 2 rings (SSSR count). The molecule has 1 heterocycles. The van der Waals surface area contributed by atoms with E-state index in [1.165, 1.54) is 24.0 Å². The van der Waals surface area contributed by atoms with E-state index in [9.17, 15) is 0 Å². The third kappa shape index (κ3) is 3.12. The molecule has 1 saturated heterocycles. The first-order chi connectivity index (χ1) is 8.63. The Balaban J connectivity index is 2.09.